The molecule has 0 aromatic carbocycles. The van der Waals surface area contributed by atoms with E-state index in [1.54, 1.807) is 0 Å². The lowest BCUT2D eigenvalue weighted by Crippen LogP contribution is -2.46. The van der Waals surface area contributed by atoms with Gasteiger partial charge in [-0.25, -0.2) is 0 Å². The molecule has 0 saturated heterocycles. The maximum absolute atomic E-state index is 5.50. The van der Waals surface area contributed by atoms with Gasteiger partial charge < -0.3 is 13.3 Å². The van der Waals surface area contributed by atoms with E-state index in [-0.39, 0.29) is 0 Å². The van der Waals surface area contributed by atoms with E-state index in [0.717, 1.165) is 0 Å². The van der Waals surface area contributed by atoms with E-state index >= 15 is 0 Å². The molecule has 0 heterocycles. The van der Waals surface area contributed by atoms with Gasteiger partial charge in [0.1, 0.15) is 0 Å². The Balaban J connectivity index is 4.06. The van der Waals surface area contributed by atoms with Crippen LogP contribution in [-0.4, -0.2) is 28.6 Å². The Hall–Kier alpha value is 0.0969. The Morgan fingerprint density at radius 1 is 0.917 bits per heavy atom. The van der Waals surface area contributed by atoms with Crippen LogP contribution in [0.5, 0.6) is 0 Å². The fourth-order valence-corrected chi connectivity index (χ4v) is 2.94. The summed E-state index contributed by atoms with van der Waals surface area (Å²) in [6.07, 6.45) is 0. The van der Waals surface area contributed by atoms with Gasteiger partial charge >= 0.3 is 8.80 Å². The monoisotopic (exact) mass is 191 g/mol. The van der Waals surface area contributed by atoms with Crippen molar-refractivity contribution in [1.29, 1.82) is 0 Å². The van der Waals surface area contributed by atoms with E-state index in [2.05, 4.69) is 0 Å². The minimum atomic E-state index is -2.39. The van der Waals surface area contributed by atoms with Crippen LogP contribution in [0.1, 0.15) is 27.7 Å². The smallest absolute Gasteiger partial charge is 0.374 e. The third kappa shape index (κ3) is 3.67. The van der Waals surface area contributed by atoms with Crippen LogP contribution >= 0.6 is 0 Å². The van der Waals surface area contributed by atoms with E-state index in [4.69, 9.17) is 13.3 Å². The van der Waals surface area contributed by atoms with E-state index in [1.807, 2.05) is 33.7 Å². The maximum atomic E-state index is 5.50. The van der Waals surface area contributed by atoms with Gasteiger partial charge in [-0.2, -0.15) is 0 Å². The highest BCUT2D eigenvalue weighted by Crippen LogP contribution is 2.12. The van der Waals surface area contributed by atoms with Gasteiger partial charge in [0.15, 0.2) is 0 Å². The SMILES string of the molecule is C[CH][Si](OCC)(OCC)OCC. The molecule has 0 aromatic rings. The van der Waals surface area contributed by atoms with Crippen molar-refractivity contribution in [1.82, 2.24) is 0 Å². The highest BCUT2D eigenvalue weighted by Gasteiger charge is 2.38. The standard InChI is InChI=1S/C8H19O3Si/c1-5-9-12(8-4,10-6-2)11-7-3/h8H,5-7H2,1-4H3. The van der Waals surface area contributed by atoms with Crippen LogP contribution in [0.2, 0.25) is 0 Å². The largest absolute Gasteiger partial charge is 0.504 e. The van der Waals surface area contributed by atoms with Crippen LogP contribution in [0.25, 0.3) is 0 Å². The molecule has 0 amide bonds. The molecule has 4 heteroatoms. The average molecular weight is 191 g/mol. The third-order valence-electron chi connectivity index (χ3n) is 1.39. The molecule has 0 fully saturated rings. The minimum absolute atomic E-state index is 0.635. The Kier molecular flexibility index (Phi) is 6.65. The molecular formula is C8H19O3Si. The molecule has 0 saturated carbocycles. The van der Waals surface area contributed by atoms with Crippen LogP contribution in [-0.2, 0) is 13.3 Å². The van der Waals surface area contributed by atoms with Crippen LogP contribution < -0.4 is 0 Å². The third-order valence-corrected chi connectivity index (χ3v) is 4.17. The van der Waals surface area contributed by atoms with E-state index < -0.39 is 8.80 Å². The highest BCUT2D eigenvalue weighted by molar-refractivity contribution is 6.64. The molecule has 0 aliphatic carbocycles. The van der Waals surface area contributed by atoms with Gasteiger partial charge in [-0.1, -0.05) is 6.92 Å². The van der Waals surface area contributed by atoms with Gasteiger partial charge in [-0.15, -0.1) is 0 Å². The molecule has 0 N–H and O–H groups in total. The summed E-state index contributed by atoms with van der Waals surface area (Å²) in [7, 11) is -2.39. The second-order valence-electron chi connectivity index (χ2n) is 2.19. The molecule has 0 rings (SSSR count). The molecule has 1 radical (unpaired) electrons. The Morgan fingerprint density at radius 2 is 1.25 bits per heavy atom. The molecule has 12 heavy (non-hydrogen) atoms. The second kappa shape index (κ2) is 6.60. The van der Waals surface area contributed by atoms with E-state index in [9.17, 15) is 0 Å². The van der Waals surface area contributed by atoms with Gasteiger partial charge in [0.25, 0.3) is 0 Å². The summed E-state index contributed by atoms with van der Waals surface area (Å²) >= 11 is 0. The lowest BCUT2D eigenvalue weighted by Gasteiger charge is -2.26. The average Bonchev–Trinajstić information content (AvgIpc) is 2.06. The van der Waals surface area contributed by atoms with Gasteiger partial charge in [0.2, 0.25) is 0 Å². The van der Waals surface area contributed by atoms with Crippen molar-refractivity contribution in [2.75, 3.05) is 19.8 Å². The Labute approximate surface area is 76.4 Å². The zero-order valence-electron chi connectivity index (χ0n) is 8.42. The van der Waals surface area contributed by atoms with Crippen molar-refractivity contribution in [2.24, 2.45) is 0 Å². The van der Waals surface area contributed by atoms with Crippen molar-refractivity contribution in [3.63, 3.8) is 0 Å². The van der Waals surface area contributed by atoms with Crippen LogP contribution in [0.15, 0.2) is 0 Å². The van der Waals surface area contributed by atoms with E-state index in [1.165, 1.54) is 0 Å². The summed E-state index contributed by atoms with van der Waals surface area (Å²) in [6, 6.07) is 1.92. The molecule has 0 aromatic heterocycles. The summed E-state index contributed by atoms with van der Waals surface area (Å²) in [6.45, 7) is 9.67. The zero-order valence-corrected chi connectivity index (χ0v) is 9.42. The lowest BCUT2D eigenvalue weighted by atomic mass is 10.9. The first-order valence-corrected chi connectivity index (χ1v) is 6.27. The minimum Gasteiger partial charge on any atom is -0.374 e. The lowest BCUT2D eigenvalue weighted by molar-refractivity contribution is 0.0797. The highest BCUT2D eigenvalue weighted by atomic mass is 28.4. The summed E-state index contributed by atoms with van der Waals surface area (Å²) in [5, 5.41) is 0. The first-order chi connectivity index (χ1) is 5.74. The molecule has 0 bridgehead atoms. The fourth-order valence-electron chi connectivity index (χ4n) is 0.979. The van der Waals surface area contributed by atoms with Crippen LogP contribution in [0, 0.1) is 6.04 Å². The molecule has 0 aliphatic heterocycles. The van der Waals surface area contributed by atoms with Crippen molar-refractivity contribution in [2.45, 2.75) is 27.7 Å². The van der Waals surface area contributed by atoms with Gasteiger partial charge in [0.05, 0.1) is 0 Å². The van der Waals surface area contributed by atoms with Crippen molar-refractivity contribution in [3.8, 4) is 0 Å². The Morgan fingerprint density at radius 3 is 1.42 bits per heavy atom. The second-order valence-corrected chi connectivity index (χ2v) is 4.84. The first kappa shape index (κ1) is 12.1. The molecule has 0 aliphatic rings. The van der Waals surface area contributed by atoms with Gasteiger partial charge in [0, 0.05) is 25.9 Å². The summed E-state index contributed by atoms with van der Waals surface area (Å²) < 4.78 is 16.5. The number of hydrogen-bond donors (Lipinski definition) is 0. The molecule has 0 spiro atoms. The summed E-state index contributed by atoms with van der Waals surface area (Å²) in [4.78, 5) is 0. The number of hydrogen-bond acceptors (Lipinski definition) is 3. The number of rotatable bonds is 7. The quantitative estimate of drug-likeness (QED) is 0.574. The van der Waals surface area contributed by atoms with Gasteiger partial charge in [-0.3, -0.25) is 0 Å². The predicted octanol–water partition coefficient (Wildman–Crippen LogP) is 1.80. The van der Waals surface area contributed by atoms with Crippen LogP contribution in [0.3, 0.4) is 0 Å². The molecule has 73 valence electrons. The van der Waals surface area contributed by atoms with E-state index in [0.29, 0.717) is 19.8 Å². The predicted molar refractivity (Wildman–Crippen MR) is 50.6 cm³/mol. The van der Waals surface area contributed by atoms with Crippen LogP contribution in [0.4, 0.5) is 0 Å². The fraction of sp³-hybridized carbons (Fsp3) is 0.875. The van der Waals surface area contributed by atoms with Crippen molar-refractivity contribution >= 4 is 8.80 Å². The van der Waals surface area contributed by atoms with Crippen molar-refractivity contribution < 1.29 is 13.3 Å². The maximum Gasteiger partial charge on any atom is 0.504 e. The van der Waals surface area contributed by atoms with Crippen molar-refractivity contribution in [3.05, 3.63) is 6.04 Å². The molecule has 0 atom stereocenters. The normalized spacial score (nSPS) is 12.0. The van der Waals surface area contributed by atoms with Gasteiger partial charge in [-0.05, 0) is 20.8 Å². The zero-order chi connectivity index (χ0) is 9.45. The summed E-state index contributed by atoms with van der Waals surface area (Å²) in [5.41, 5.74) is 0. The molecule has 3 nitrogen and oxygen atoms in total. The summed E-state index contributed by atoms with van der Waals surface area (Å²) in [5.74, 6) is 0. The Bertz CT molecular complexity index is 91.5. The topological polar surface area (TPSA) is 27.7 Å². The molecular weight excluding hydrogens is 172 g/mol. The molecule has 0 unspecified atom stereocenters. The first-order valence-electron chi connectivity index (χ1n) is 4.47.